The average Bonchev–Trinajstić information content (AvgIpc) is 3.04. The third-order valence-electron chi connectivity index (χ3n) is 5.17. The minimum absolute atomic E-state index is 0.0766. The van der Waals surface area contributed by atoms with Crippen molar-refractivity contribution >= 4 is 29.0 Å². The van der Waals surface area contributed by atoms with E-state index in [1.165, 1.54) is 6.92 Å². The number of carbonyl (C=O) groups excluding carboxylic acids is 3. The highest BCUT2D eigenvalue weighted by atomic mass is 16.5. The van der Waals surface area contributed by atoms with Crippen LogP contribution < -0.4 is 15.1 Å². The maximum atomic E-state index is 12.7. The third-order valence-corrected chi connectivity index (χ3v) is 5.17. The van der Waals surface area contributed by atoms with Gasteiger partial charge in [-0.15, -0.1) is 0 Å². The monoisotopic (exact) mass is 432 g/mol. The van der Waals surface area contributed by atoms with Crippen LogP contribution >= 0.6 is 0 Å². The Balaban J connectivity index is 1.65. The van der Waals surface area contributed by atoms with Gasteiger partial charge in [0.15, 0.2) is 6.61 Å². The number of nitriles is 1. The SMILES string of the molecule is CC(=O)NCCc1ccc(C(=O)OCC(=O)C(C#N)=C2N(C)c3ccccc3N2C)cc1. The van der Waals surface area contributed by atoms with Crippen molar-refractivity contribution in [2.75, 3.05) is 37.0 Å². The largest absolute Gasteiger partial charge is 0.454 e. The van der Waals surface area contributed by atoms with E-state index in [2.05, 4.69) is 5.32 Å². The van der Waals surface area contributed by atoms with E-state index < -0.39 is 18.4 Å². The summed E-state index contributed by atoms with van der Waals surface area (Å²) in [7, 11) is 3.56. The molecule has 1 N–H and O–H groups in total. The Morgan fingerprint density at radius 2 is 1.59 bits per heavy atom. The third kappa shape index (κ3) is 4.78. The Labute approximate surface area is 186 Å². The van der Waals surface area contributed by atoms with E-state index in [9.17, 15) is 19.6 Å². The molecule has 0 saturated carbocycles. The van der Waals surface area contributed by atoms with Crippen molar-refractivity contribution in [3.63, 3.8) is 0 Å². The van der Waals surface area contributed by atoms with Crippen LogP contribution in [0.25, 0.3) is 0 Å². The Morgan fingerprint density at radius 1 is 1.00 bits per heavy atom. The highest BCUT2D eigenvalue weighted by Crippen LogP contribution is 2.40. The van der Waals surface area contributed by atoms with Crippen LogP contribution in [0.15, 0.2) is 59.9 Å². The van der Waals surface area contributed by atoms with Gasteiger partial charge in [-0.2, -0.15) is 5.26 Å². The zero-order valence-electron chi connectivity index (χ0n) is 18.2. The zero-order chi connectivity index (χ0) is 23.3. The van der Waals surface area contributed by atoms with Gasteiger partial charge in [-0.25, -0.2) is 4.79 Å². The second-order valence-corrected chi connectivity index (χ2v) is 7.35. The molecule has 0 unspecified atom stereocenters. The maximum Gasteiger partial charge on any atom is 0.338 e. The van der Waals surface area contributed by atoms with Crippen LogP contribution in [0.1, 0.15) is 22.8 Å². The summed E-state index contributed by atoms with van der Waals surface area (Å²) in [5.41, 5.74) is 2.93. The van der Waals surface area contributed by atoms with E-state index in [1.54, 1.807) is 48.2 Å². The molecule has 0 aliphatic carbocycles. The second kappa shape index (κ2) is 9.79. The number of nitrogens with zero attached hydrogens (tertiary/aromatic N) is 3. The predicted molar refractivity (Wildman–Crippen MR) is 120 cm³/mol. The van der Waals surface area contributed by atoms with Gasteiger partial charge in [0.1, 0.15) is 17.5 Å². The van der Waals surface area contributed by atoms with Crippen LogP contribution in [0, 0.1) is 11.3 Å². The van der Waals surface area contributed by atoms with Crippen molar-refractivity contribution in [2.24, 2.45) is 0 Å². The molecule has 0 aromatic heterocycles. The lowest BCUT2D eigenvalue weighted by molar-refractivity contribution is -0.119. The van der Waals surface area contributed by atoms with E-state index in [-0.39, 0.29) is 11.5 Å². The number of Topliss-reactive ketones (excluding diaryl/α,β-unsaturated/α-hetero) is 1. The minimum Gasteiger partial charge on any atom is -0.454 e. The number of esters is 1. The number of nitrogens with one attached hydrogen (secondary N) is 1. The number of anilines is 2. The fourth-order valence-corrected chi connectivity index (χ4v) is 3.53. The molecule has 32 heavy (non-hydrogen) atoms. The summed E-state index contributed by atoms with van der Waals surface area (Å²) in [5.74, 6) is -0.876. The Bertz CT molecular complexity index is 1080. The van der Waals surface area contributed by atoms with E-state index in [4.69, 9.17) is 4.74 Å². The van der Waals surface area contributed by atoms with Gasteiger partial charge in [0.2, 0.25) is 11.7 Å². The summed E-state index contributed by atoms with van der Waals surface area (Å²) in [5, 5.41) is 12.4. The first kappa shape index (κ1) is 22.6. The standard InChI is InChI=1S/C24H24N4O4/c1-16(29)26-13-12-17-8-10-18(11-9-17)24(31)32-15-22(30)19(14-25)23-27(2)20-6-4-5-7-21(20)28(23)3/h4-11H,12-13,15H2,1-3H3,(H,26,29). The molecule has 0 bridgehead atoms. The molecule has 1 aliphatic heterocycles. The van der Waals surface area contributed by atoms with Crippen molar-refractivity contribution < 1.29 is 19.1 Å². The molecule has 0 saturated heterocycles. The maximum absolute atomic E-state index is 12.7. The molecule has 0 spiro atoms. The topological polar surface area (TPSA) is 103 Å². The molecule has 1 heterocycles. The summed E-state index contributed by atoms with van der Waals surface area (Å²) in [6.45, 7) is 1.43. The van der Waals surface area contributed by atoms with Crippen LogP contribution in [0.5, 0.6) is 0 Å². The number of hydrogen-bond donors (Lipinski definition) is 1. The van der Waals surface area contributed by atoms with E-state index in [0.717, 1.165) is 16.9 Å². The number of amides is 1. The van der Waals surface area contributed by atoms with Crippen molar-refractivity contribution in [3.8, 4) is 6.07 Å². The fraction of sp³-hybridized carbons (Fsp3) is 0.250. The van der Waals surface area contributed by atoms with E-state index in [1.807, 2.05) is 30.3 Å². The quantitative estimate of drug-likeness (QED) is 0.407. The van der Waals surface area contributed by atoms with Crippen LogP contribution in [0.3, 0.4) is 0 Å². The minimum atomic E-state index is -0.648. The molecule has 2 aromatic rings. The van der Waals surface area contributed by atoms with E-state index >= 15 is 0 Å². The second-order valence-electron chi connectivity index (χ2n) is 7.35. The molecule has 8 nitrogen and oxygen atoms in total. The number of fused-ring (bicyclic) bond motifs is 1. The van der Waals surface area contributed by atoms with Gasteiger partial charge in [0.25, 0.3) is 0 Å². The first-order chi connectivity index (χ1) is 15.3. The Kier molecular flexibility index (Phi) is 6.90. The van der Waals surface area contributed by atoms with Gasteiger partial charge in [-0.05, 0) is 36.2 Å². The predicted octanol–water partition coefficient (Wildman–Crippen LogP) is 2.41. The fourth-order valence-electron chi connectivity index (χ4n) is 3.53. The first-order valence-electron chi connectivity index (χ1n) is 10.1. The first-order valence-corrected chi connectivity index (χ1v) is 10.1. The van der Waals surface area contributed by atoms with Gasteiger partial charge < -0.3 is 19.9 Å². The lowest BCUT2D eigenvalue weighted by atomic mass is 10.1. The van der Waals surface area contributed by atoms with Crippen molar-refractivity contribution in [2.45, 2.75) is 13.3 Å². The molecule has 0 fully saturated rings. The van der Waals surface area contributed by atoms with Crippen LogP contribution in [0.2, 0.25) is 0 Å². The number of benzene rings is 2. The molecule has 2 aromatic carbocycles. The van der Waals surface area contributed by atoms with Gasteiger partial charge >= 0.3 is 5.97 Å². The lowest BCUT2D eigenvalue weighted by Gasteiger charge is -2.19. The molecule has 0 radical (unpaired) electrons. The molecule has 164 valence electrons. The molecule has 8 heteroatoms. The number of para-hydroxylation sites is 2. The molecular formula is C24H24N4O4. The molecule has 1 amide bonds. The smallest absolute Gasteiger partial charge is 0.338 e. The lowest BCUT2D eigenvalue weighted by Crippen LogP contribution is -2.27. The number of ketones is 1. The van der Waals surface area contributed by atoms with Gasteiger partial charge in [-0.3, -0.25) is 9.59 Å². The van der Waals surface area contributed by atoms with Gasteiger partial charge in [0.05, 0.1) is 16.9 Å². The summed E-state index contributed by atoms with van der Waals surface area (Å²) in [4.78, 5) is 39.5. The molecule has 0 atom stereocenters. The number of hydrogen-bond acceptors (Lipinski definition) is 7. The summed E-state index contributed by atoms with van der Waals surface area (Å²) in [6, 6.07) is 16.3. The van der Waals surface area contributed by atoms with Crippen molar-refractivity contribution in [1.82, 2.24) is 5.32 Å². The summed E-state index contributed by atoms with van der Waals surface area (Å²) < 4.78 is 5.16. The highest BCUT2D eigenvalue weighted by molar-refractivity contribution is 6.04. The van der Waals surface area contributed by atoms with Crippen molar-refractivity contribution in [3.05, 3.63) is 71.1 Å². The summed E-state index contributed by atoms with van der Waals surface area (Å²) in [6.07, 6.45) is 0.635. The molecular weight excluding hydrogens is 408 g/mol. The zero-order valence-corrected chi connectivity index (χ0v) is 18.2. The van der Waals surface area contributed by atoms with Crippen LogP contribution in [-0.2, 0) is 20.7 Å². The van der Waals surface area contributed by atoms with Crippen LogP contribution in [-0.4, -0.2) is 44.9 Å². The van der Waals surface area contributed by atoms with Gasteiger partial charge in [0, 0.05) is 27.6 Å². The Morgan fingerprint density at radius 3 is 2.12 bits per heavy atom. The van der Waals surface area contributed by atoms with Crippen LogP contribution in [0.4, 0.5) is 11.4 Å². The molecule has 3 rings (SSSR count). The van der Waals surface area contributed by atoms with Crippen molar-refractivity contribution in [1.29, 1.82) is 5.26 Å². The highest BCUT2D eigenvalue weighted by Gasteiger charge is 2.31. The summed E-state index contributed by atoms with van der Waals surface area (Å²) >= 11 is 0. The molecule has 1 aliphatic rings. The number of carbonyl (C=O) groups is 3. The van der Waals surface area contributed by atoms with E-state index in [0.29, 0.717) is 24.4 Å². The van der Waals surface area contributed by atoms with Gasteiger partial charge in [-0.1, -0.05) is 24.3 Å². The number of ether oxygens (including phenoxy) is 1. The number of rotatable bonds is 7. The average molecular weight is 432 g/mol. The normalized spacial score (nSPS) is 12.1. The Hall–Kier alpha value is -4.12.